The van der Waals surface area contributed by atoms with E-state index in [0.29, 0.717) is 22.9 Å². The van der Waals surface area contributed by atoms with E-state index in [9.17, 15) is 8.42 Å². The van der Waals surface area contributed by atoms with Crippen LogP contribution in [0.15, 0.2) is 18.2 Å². The third-order valence-corrected chi connectivity index (χ3v) is 2.86. The number of halogens is 2. The summed E-state index contributed by atoms with van der Waals surface area (Å²) in [6, 6.07) is 5.25. The molecule has 0 aliphatic rings. The lowest BCUT2D eigenvalue weighted by molar-refractivity contribution is 0.316. The largest absolute Gasteiger partial charge is 0.270 e. The first-order chi connectivity index (χ1) is 7.37. The molecule has 0 N–H and O–H groups in total. The molecule has 3 nitrogen and oxygen atoms in total. The number of hydrogen-bond acceptors (Lipinski definition) is 3. The predicted octanol–water partition coefficient (Wildman–Crippen LogP) is 2.90. The molecular formula is C10H12Cl2O3S. The van der Waals surface area contributed by atoms with E-state index in [2.05, 4.69) is 4.18 Å². The molecule has 1 rings (SSSR count). The fraction of sp³-hybridized carbons (Fsp3) is 0.400. The van der Waals surface area contributed by atoms with Gasteiger partial charge in [0.15, 0.2) is 0 Å². The van der Waals surface area contributed by atoms with Gasteiger partial charge in [-0.15, -0.1) is 0 Å². The standard InChI is InChI=1S/C10H12Cl2O3S/c1-16(13,14)15-4-2-3-8-5-9(11)7-10(12)6-8/h5-7H,2-4H2,1H3. The molecule has 0 radical (unpaired) electrons. The normalized spacial score (nSPS) is 11.7. The second-order valence-corrected chi connectivity index (χ2v) is 5.92. The van der Waals surface area contributed by atoms with Crippen LogP contribution in [-0.2, 0) is 20.7 Å². The molecule has 0 saturated heterocycles. The van der Waals surface area contributed by atoms with Gasteiger partial charge in [-0.2, -0.15) is 8.42 Å². The maximum absolute atomic E-state index is 10.7. The summed E-state index contributed by atoms with van der Waals surface area (Å²) in [4.78, 5) is 0. The van der Waals surface area contributed by atoms with Crippen molar-refractivity contribution in [1.29, 1.82) is 0 Å². The summed E-state index contributed by atoms with van der Waals surface area (Å²) in [5.41, 5.74) is 0.967. The number of benzene rings is 1. The van der Waals surface area contributed by atoms with Crippen LogP contribution in [0.2, 0.25) is 10.0 Å². The van der Waals surface area contributed by atoms with Gasteiger partial charge in [0.1, 0.15) is 0 Å². The smallest absolute Gasteiger partial charge is 0.264 e. The molecule has 0 aliphatic carbocycles. The lowest BCUT2D eigenvalue weighted by atomic mass is 10.1. The molecule has 0 saturated carbocycles. The predicted molar refractivity (Wildman–Crippen MR) is 65.6 cm³/mol. The number of hydrogen-bond donors (Lipinski definition) is 0. The highest BCUT2D eigenvalue weighted by Gasteiger charge is 2.02. The Morgan fingerprint density at radius 1 is 1.19 bits per heavy atom. The van der Waals surface area contributed by atoms with E-state index < -0.39 is 10.1 Å². The molecule has 90 valence electrons. The number of rotatable bonds is 5. The van der Waals surface area contributed by atoms with Crippen LogP contribution in [0, 0.1) is 0 Å². The van der Waals surface area contributed by atoms with Gasteiger partial charge in [-0.1, -0.05) is 23.2 Å². The van der Waals surface area contributed by atoms with Gasteiger partial charge >= 0.3 is 0 Å². The van der Waals surface area contributed by atoms with Crippen LogP contribution in [0.1, 0.15) is 12.0 Å². The summed E-state index contributed by atoms with van der Waals surface area (Å²) in [6.07, 6.45) is 2.31. The van der Waals surface area contributed by atoms with Crippen molar-refractivity contribution in [2.24, 2.45) is 0 Å². The average Bonchev–Trinajstić information content (AvgIpc) is 2.09. The minimum atomic E-state index is -3.35. The lowest BCUT2D eigenvalue weighted by Gasteiger charge is -2.03. The van der Waals surface area contributed by atoms with Crippen LogP contribution in [0.25, 0.3) is 0 Å². The maximum Gasteiger partial charge on any atom is 0.264 e. The van der Waals surface area contributed by atoms with E-state index in [0.717, 1.165) is 11.8 Å². The van der Waals surface area contributed by atoms with Crippen LogP contribution in [0.4, 0.5) is 0 Å². The van der Waals surface area contributed by atoms with E-state index in [-0.39, 0.29) is 6.61 Å². The van der Waals surface area contributed by atoms with Crippen molar-refractivity contribution in [3.63, 3.8) is 0 Å². The zero-order valence-electron chi connectivity index (χ0n) is 8.74. The van der Waals surface area contributed by atoms with E-state index in [1.165, 1.54) is 0 Å². The Hall–Kier alpha value is -0.290. The van der Waals surface area contributed by atoms with Crippen molar-refractivity contribution < 1.29 is 12.6 Å². The summed E-state index contributed by atoms with van der Waals surface area (Å²) in [5, 5.41) is 1.15. The molecule has 0 unspecified atom stereocenters. The van der Waals surface area contributed by atoms with Crippen molar-refractivity contribution in [2.75, 3.05) is 12.9 Å². The molecule has 0 amide bonds. The van der Waals surface area contributed by atoms with Crippen molar-refractivity contribution >= 4 is 33.3 Å². The molecule has 0 heterocycles. The number of aryl methyl sites for hydroxylation is 1. The first-order valence-electron chi connectivity index (χ1n) is 4.66. The summed E-state index contributed by atoms with van der Waals surface area (Å²) in [7, 11) is -3.35. The maximum atomic E-state index is 10.7. The molecule has 16 heavy (non-hydrogen) atoms. The molecule has 0 spiro atoms. The Balaban J connectivity index is 2.43. The highest BCUT2D eigenvalue weighted by molar-refractivity contribution is 7.85. The monoisotopic (exact) mass is 282 g/mol. The van der Waals surface area contributed by atoms with Gasteiger partial charge < -0.3 is 0 Å². The fourth-order valence-electron chi connectivity index (χ4n) is 1.24. The second kappa shape index (κ2) is 5.87. The first kappa shape index (κ1) is 13.8. The third kappa shape index (κ3) is 5.70. The summed E-state index contributed by atoms with van der Waals surface area (Å²) in [6.45, 7) is 0.170. The fourth-order valence-corrected chi connectivity index (χ4v) is 2.23. The van der Waals surface area contributed by atoms with Gasteiger partial charge in [0.25, 0.3) is 10.1 Å². The van der Waals surface area contributed by atoms with Crippen LogP contribution in [0.3, 0.4) is 0 Å². The van der Waals surface area contributed by atoms with Gasteiger partial charge in [-0.25, -0.2) is 0 Å². The van der Waals surface area contributed by atoms with Crippen LogP contribution in [0.5, 0.6) is 0 Å². The van der Waals surface area contributed by atoms with Crippen molar-refractivity contribution in [2.45, 2.75) is 12.8 Å². The summed E-state index contributed by atoms with van der Waals surface area (Å²) in [5.74, 6) is 0. The Kier molecular flexibility index (Phi) is 5.05. The van der Waals surface area contributed by atoms with Crippen LogP contribution >= 0.6 is 23.2 Å². The van der Waals surface area contributed by atoms with Crippen LogP contribution in [-0.4, -0.2) is 21.3 Å². The molecule has 1 aromatic rings. The van der Waals surface area contributed by atoms with E-state index in [4.69, 9.17) is 23.2 Å². The van der Waals surface area contributed by atoms with Crippen molar-refractivity contribution in [3.8, 4) is 0 Å². The molecule has 0 atom stereocenters. The highest BCUT2D eigenvalue weighted by Crippen LogP contribution is 2.19. The topological polar surface area (TPSA) is 43.4 Å². The molecule has 0 aromatic heterocycles. The quantitative estimate of drug-likeness (QED) is 0.616. The molecule has 0 aliphatic heterocycles. The SMILES string of the molecule is CS(=O)(=O)OCCCc1cc(Cl)cc(Cl)c1. The van der Waals surface area contributed by atoms with Gasteiger partial charge in [-0.05, 0) is 36.6 Å². The lowest BCUT2D eigenvalue weighted by Crippen LogP contribution is -2.04. The summed E-state index contributed by atoms with van der Waals surface area (Å²) < 4.78 is 26.0. The molecule has 0 fully saturated rings. The van der Waals surface area contributed by atoms with E-state index in [1.54, 1.807) is 18.2 Å². The van der Waals surface area contributed by atoms with Gasteiger partial charge in [0.2, 0.25) is 0 Å². The van der Waals surface area contributed by atoms with Crippen molar-refractivity contribution in [3.05, 3.63) is 33.8 Å². The van der Waals surface area contributed by atoms with E-state index >= 15 is 0 Å². The molecular weight excluding hydrogens is 271 g/mol. The minimum absolute atomic E-state index is 0.170. The van der Waals surface area contributed by atoms with Gasteiger partial charge in [0.05, 0.1) is 12.9 Å². The molecule has 1 aromatic carbocycles. The summed E-state index contributed by atoms with van der Waals surface area (Å²) >= 11 is 11.6. The Morgan fingerprint density at radius 2 is 1.75 bits per heavy atom. The van der Waals surface area contributed by atoms with Crippen LogP contribution < -0.4 is 0 Å². The third-order valence-electron chi connectivity index (χ3n) is 1.83. The van der Waals surface area contributed by atoms with E-state index in [1.807, 2.05) is 0 Å². The minimum Gasteiger partial charge on any atom is -0.270 e. The zero-order valence-corrected chi connectivity index (χ0v) is 11.1. The van der Waals surface area contributed by atoms with Gasteiger partial charge in [0, 0.05) is 10.0 Å². The van der Waals surface area contributed by atoms with Gasteiger partial charge in [-0.3, -0.25) is 4.18 Å². The zero-order chi connectivity index (χ0) is 12.2. The Labute approximate surface area is 105 Å². The Morgan fingerprint density at radius 3 is 2.25 bits per heavy atom. The Bertz CT molecular complexity index is 437. The average molecular weight is 283 g/mol. The second-order valence-electron chi connectivity index (χ2n) is 3.41. The molecule has 0 bridgehead atoms. The first-order valence-corrected chi connectivity index (χ1v) is 7.23. The highest BCUT2D eigenvalue weighted by atomic mass is 35.5. The van der Waals surface area contributed by atoms with Crippen molar-refractivity contribution in [1.82, 2.24) is 0 Å². The molecule has 6 heteroatoms.